The predicted molar refractivity (Wildman–Crippen MR) is 104 cm³/mol. The van der Waals surface area contributed by atoms with Crippen LogP contribution in [0.5, 0.6) is 0 Å². The molecule has 0 aliphatic carbocycles. The van der Waals surface area contributed by atoms with Gasteiger partial charge >= 0.3 is 0 Å². The van der Waals surface area contributed by atoms with E-state index in [0.717, 1.165) is 25.2 Å². The maximum atomic E-state index is 8.36. The third kappa shape index (κ3) is 9.29. The second-order valence-corrected chi connectivity index (χ2v) is 6.24. The minimum atomic E-state index is -0.250. The number of rotatable bonds is 8. The summed E-state index contributed by atoms with van der Waals surface area (Å²) in [6.07, 6.45) is 7.81. The summed E-state index contributed by atoms with van der Waals surface area (Å²) in [5.41, 5.74) is 5.59. The molecule has 24 heavy (non-hydrogen) atoms. The number of carboxylic acid groups (broad SMARTS) is 1. The number of hydrogen-bond donors (Lipinski definition) is 1. The lowest BCUT2D eigenvalue weighted by Crippen LogP contribution is -1.99. The fourth-order valence-electron chi connectivity index (χ4n) is 2.77. The van der Waals surface area contributed by atoms with Crippen LogP contribution in [-0.4, -0.2) is 17.8 Å². The van der Waals surface area contributed by atoms with E-state index in [2.05, 4.69) is 57.0 Å². The van der Waals surface area contributed by atoms with Crippen molar-refractivity contribution in [3.63, 3.8) is 0 Å². The van der Waals surface area contributed by atoms with E-state index in [0.29, 0.717) is 0 Å². The van der Waals surface area contributed by atoms with Gasteiger partial charge in [0.05, 0.1) is 0 Å². The quantitative estimate of drug-likeness (QED) is 0.482. The zero-order chi connectivity index (χ0) is 18.4. The summed E-state index contributed by atoms with van der Waals surface area (Å²) >= 11 is 0. The molecule has 3 heteroatoms. The molecule has 0 saturated heterocycles. The number of benzene rings is 1. The summed E-state index contributed by atoms with van der Waals surface area (Å²) in [5, 5.41) is 6.89. The Bertz CT molecular complexity index is 532. The smallest absolute Gasteiger partial charge is 0.290 e. The topological polar surface area (TPSA) is 49.7 Å². The van der Waals surface area contributed by atoms with Gasteiger partial charge in [0.25, 0.3) is 6.47 Å². The fraction of sp³-hybridized carbons (Fsp3) is 0.524. The number of aryl methyl sites for hydroxylation is 2. The molecule has 0 fully saturated rings. The third-order valence-electron chi connectivity index (χ3n) is 4.13. The van der Waals surface area contributed by atoms with Gasteiger partial charge in [-0.25, -0.2) is 0 Å². The Balaban J connectivity index is 0.00000163. The van der Waals surface area contributed by atoms with Crippen LogP contribution < -0.4 is 0 Å². The molecule has 1 aromatic carbocycles. The molecule has 0 unspecified atom stereocenters. The van der Waals surface area contributed by atoms with Crippen molar-refractivity contribution >= 4 is 12.7 Å². The molecule has 1 aromatic rings. The summed E-state index contributed by atoms with van der Waals surface area (Å²) in [4.78, 5) is 13.0. The van der Waals surface area contributed by atoms with Crippen LogP contribution in [0.4, 0.5) is 0 Å². The van der Waals surface area contributed by atoms with Gasteiger partial charge in [-0.1, -0.05) is 56.5 Å². The molecule has 0 aromatic heterocycles. The van der Waals surface area contributed by atoms with Crippen molar-refractivity contribution in [2.24, 2.45) is 10.9 Å². The average Bonchev–Trinajstić information content (AvgIpc) is 2.54. The zero-order valence-electron chi connectivity index (χ0n) is 15.9. The lowest BCUT2D eigenvalue weighted by molar-refractivity contribution is -0.122. The van der Waals surface area contributed by atoms with E-state index in [-0.39, 0.29) is 6.47 Å². The largest absolute Gasteiger partial charge is 0.483 e. The standard InChI is InChI=1S/C20H31N.CH2O2/c1-6-10-16(3)15-20(21-7-2)18(5)13-14-19-12-9-8-11-17(19)4;2-1-3/h7-9,11-12,16H,6,10,13-15H2,1-5H3;1H,(H,2,3)/b20-18+,21-7?;/t16-;/m0./s1. The van der Waals surface area contributed by atoms with Gasteiger partial charge in [0.1, 0.15) is 0 Å². The number of aliphatic imine (C=N–C) groups is 1. The average molecular weight is 332 g/mol. The van der Waals surface area contributed by atoms with Gasteiger partial charge < -0.3 is 5.11 Å². The van der Waals surface area contributed by atoms with E-state index in [1.807, 2.05) is 13.1 Å². The van der Waals surface area contributed by atoms with Gasteiger partial charge in [0, 0.05) is 11.9 Å². The van der Waals surface area contributed by atoms with Crippen LogP contribution in [0.2, 0.25) is 0 Å². The Labute approximate surface area is 147 Å². The Morgan fingerprint density at radius 1 is 1.33 bits per heavy atom. The molecule has 0 heterocycles. The first kappa shape index (κ1) is 22.1. The Hall–Kier alpha value is -1.90. The van der Waals surface area contributed by atoms with E-state index >= 15 is 0 Å². The van der Waals surface area contributed by atoms with E-state index in [4.69, 9.17) is 9.90 Å². The van der Waals surface area contributed by atoms with Gasteiger partial charge in [-0.15, -0.1) is 0 Å². The van der Waals surface area contributed by atoms with Gasteiger partial charge in [0.15, 0.2) is 0 Å². The maximum absolute atomic E-state index is 8.36. The second-order valence-electron chi connectivity index (χ2n) is 6.24. The molecule has 0 aliphatic rings. The van der Waals surface area contributed by atoms with Gasteiger partial charge in [-0.3, -0.25) is 9.79 Å². The monoisotopic (exact) mass is 331 g/mol. The minimum Gasteiger partial charge on any atom is -0.483 e. The van der Waals surface area contributed by atoms with E-state index in [1.165, 1.54) is 35.2 Å². The van der Waals surface area contributed by atoms with Crippen molar-refractivity contribution in [1.29, 1.82) is 0 Å². The molecule has 1 N–H and O–H groups in total. The van der Waals surface area contributed by atoms with Crippen molar-refractivity contribution in [2.75, 3.05) is 0 Å². The predicted octanol–water partition coefficient (Wildman–Crippen LogP) is 5.82. The number of allylic oxidation sites excluding steroid dienone is 2. The highest BCUT2D eigenvalue weighted by Crippen LogP contribution is 2.23. The van der Waals surface area contributed by atoms with Crippen LogP contribution in [0.25, 0.3) is 0 Å². The van der Waals surface area contributed by atoms with Crippen LogP contribution >= 0.6 is 0 Å². The summed E-state index contributed by atoms with van der Waals surface area (Å²) in [5.74, 6) is 0.724. The number of nitrogens with zero attached hydrogens (tertiary/aromatic N) is 1. The number of carbonyl (C=O) groups is 1. The van der Waals surface area contributed by atoms with Crippen LogP contribution in [-0.2, 0) is 11.2 Å². The van der Waals surface area contributed by atoms with Crippen molar-refractivity contribution < 1.29 is 9.90 Å². The van der Waals surface area contributed by atoms with Crippen LogP contribution in [0.3, 0.4) is 0 Å². The normalized spacial score (nSPS) is 13.0. The molecular formula is C21H33NO2. The minimum absolute atomic E-state index is 0.250. The van der Waals surface area contributed by atoms with Gasteiger partial charge in [-0.2, -0.15) is 0 Å². The molecule has 3 nitrogen and oxygen atoms in total. The van der Waals surface area contributed by atoms with Crippen molar-refractivity contribution in [3.8, 4) is 0 Å². The summed E-state index contributed by atoms with van der Waals surface area (Å²) in [6.45, 7) is 10.8. The molecule has 0 bridgehead atoms. The summed E-state index contributed by atoms with van der Waals surface area (Å²) in [7, 11) is 0. The van der Waals surface area contributed by atoms with Crippen molar-refractivity contribution in [3.05, 3.63) is 46.7 Å². The second kappa shape index (κ2) is 13.5. The zero-order valence-corrected chi connectivity index (χ0v) is 15.9. The number of hydrogen-bond acceptors (Lipinski definition) is 2. The molecule has 0 spiro atoms. The SMILES string of the molecule is CC=N/C(C[C@@H](C)CCC)=C(\C)CCc1ccccc1C.O=CO. The first-order valence-corrected chi connectivity index (χ1v) is 8.79. The van der Waals surface area contributed by atoms with Crippen LogP contribution in [0.15, 0.2) is 40.5 Å². The Kier molecular flexibility index (Phi) is 12.5. The van der Waals surface area contributed by atoms with E-state index in [1.54, 1.807) is 0 Å². The highest BCUT2D eigenvalue weighted by molar-refractivity contribution is 5.55. The molecule has 0 saturated carbocycles. The lowest BCUT2D eigenvalue weighted by Gasteiger charge is -2.14. The highest BCUT2D eigenvalue weighted by Gasteiger charge is 2.08. The van der Waals surface area contributed by atoms with Gasteiger partial charge in [0.2, 0.25) is 0 Å². The molecular weight excluding hydrogens is 298 g/mol. The summed E-state index contributed by atoms with van der Waals surface area (Å²) < 4.78 is 0. The van der Waals surface area contributed by atoms with E-state index < -0.39 is 0 Å². The van der Waals surface area contributed by atoms with Crippen LogP contribution in [0.1, 0.15) is 64.5 Å². The molecule has 0 amide bonds. The summed E-state index contributed by atoms with van der Waals surface area (Å²) in [6, 6.07) is 8.68. The molecule has 0 aliphatic heterocycles. The highest BCUT2D eigenvalue weighted by atomic mass is 16.3. The third-order valence-corrected chi connectivity index (χ3v) is 4.13. The maximum Gasteiger partial charge on any atom is 0.290 e. The molecule has 134 valence electrons. The fourth-order valence-corrected chi connectivity index (χ4v) is 2.77. The molecule has 1 rings (SSSR count). The van der Waals surface area contributed by atoms with Gasteiger partial charge in [-0.05, 0) is 57.1 Å². The van der Waals surface area contributed by atoms with Crippen molar-refractivity contribution in [1.82, 2.24) is 0 Å². The Morgan fingerprint density at radius 2 is 1.96 bits per heavy atom. The molecule has 1 atom stereocenters. The first-order valence-electron chi connectivity index (χ1n) is 8.79. The van der Waals surface area contributed by atoms with Crippen LogP contribution in [0, 0.1) is 12.8 Å². The first-order chi connectivity index (χ1) is 11.5. The van der Waals surface area contributed by atoms with E-state index in [9.17, 15) is 0 Å². The lowest BCUT2D eigenvalue weighted by atomic mass is 9.95. The Morgan fingerprint density at radius 3 is 2.50 bits per heavy atom. The van der Waals surface area contributed by atoms with Crippen molar-refractivity contribution in [2.45, 2.75) is 66.7 Å². The molecule has 0 radical (unpaired) electrons.